The van der Waals surface area contributed by atoms with Crippen molar-refractivity contribution in [1.82, 2.24) is 4.90 Å². The Hall–Kier alpha value is -2.16. The molecule has 3 rings (SSSR count). The lowest BCUT2D eigenvalue weighted by Gasteiger charge is -2.18. The van der Waals surface area contributed by atoms with Gasteiger partial charge in [-0.1, -0.05) is 42.5 Å². The summed E-state index contributed by atoms with van der Waals surface area (Å²) in [6.07, 6.45) is 0. The quantitative estimate of drug-likeness (QED) is 0.857. The number of nitrogens with one attached hydrogen (secondary N) is 1. The minimum Gasteiger partial charge on any atom is -0.348 e. The van der Waals surface area contributed by atoms with Gasteiger partial charge in [-0.2, -0.15) is 0 Å². The van der Waals surface area contributed by atoms with Gasteiger partial charge < -0.3 is 4.90 Å². The van der Waals surface area contributed by atoms with Crippen LogP contribution in [-0.4, -0.2) is 10.7 Å². The van der Waals surface area contributed by atoms with Crippen molar-refractivity contribution in [3.63, 3.8) is 0 Å². The molecule has 2 aromatic carbocycles. The van der Waals surface area contributed by atoms with E-state index >= 15 is 0 Å². The van der Waals surface area contributed by atoms with Crippen LogP contribution in [0.3, 0.4) is 0 Å². The van der Waals surface area contributed by atoms with E-state index in [1.807, 2.05) is 35.2 Å². The van der Waals surface area contributed by atoms with E-state index in [9.17, 15) is 4.39 Å². The number of amidine groups is 1. The lowest BCUT2D eigenvalue weighted by molar-refractivity contribution is 0.411. The van der Waals surface area contributed by atoms with Gasteiger partial charge in [0, 0.05) is 24.2 Å². The fourth-order valence-corrected chi connectivity index (χ4v) is 2.31. The fourth-order valence-electron chi connectivity index (χ4n) is 2.31. The van der Waals surface area contributed by atoms with Gasteiger partial charge in [0.25, 0.3) is 0 Å². The summed E-state index contributed by atoms with van der Waals surface area (Å²) in [5.41, 5.74) is 2.72. The van der Waals surface area contributed by atoms with Gasteiger partial charge in [0.1, 0.15) is 11.7 Å². The Balaban J connectivity index is 1.86. The van der Waals surface area contributed by atoms with E-state index < -0.39 is 0 Å². The molecule has 0 saturated heterocycles. The van der Waals surface area contributed by atoms with Gasteiger partial charge in [-0.3, -0.25) is 5.41 Å². The molecule has 1 heterocycles. The molecule has 0 aliphatic carbocycles. The summed E-state index contributed by atoms with van der Waals surface area (Å²) in [4.78, 5) is 1.89. The summed E-state index contributed by atoms with van der Waals surface area (Å²) in [6.45, 7) is 1.13. The number of halogens is 1. The summed E-state index contributed by atoms with van der Waals surface area (Å²) in [7, 11) is 0. The molecule has 0 unspecified atom stereocenters. The Morgan fingerprint density at radius 1 is 1.06 bits per heavy atom. The molecule has 0 atom stereocenters. The monoisotopic (exact) mass is 240 g/mol. The summed E-state index contributed by atoms with van der Waals surface area (Å²) >= 11 is 0. The molecular weight excluding hydrogens is 227 g/mol. The van der Waals surface area contributed by atoms with Crippen molar-refractivity contribution in [2.45, 2.75) is 13.1 Å². The van der Waals surface area contributed by atoms with Gasteiger partial charge >= 0.3 is 0 Å². The molecule has 18 heavy (non-hydrogen) atoms. The number of benzene rings is 2. The average molecular weight is 240 g/mol. The Morgan fingerprint density at radius 3 is 2.56 bits per heavy atom. The number of hydrogen-bond acceptors (Lipinski definition) is 1. The van der Waals surface area contributed by atoms with Crippen LogP contribution in [0.25, 0.3) is 0 Å². The van der Waals surface area contributed by atoms with Gasteiger partial charge in [-0.25, -0.2) is 4.39 Å². The van der Waals surface area contributed by atoms with Crippen LogP contribution >= 0.6 is 0 Å². The Kier molecular flexibility index (Phi) is 2.59. The van der Waals surface area contributed by atoms with E-state index in [-0.39, 0.29) is 5.82 Å². The van der Waals surface area contributed by atoms with Crippen molar-refractivity contribution in [3.05, 3.63) is 71.0 Å². The number of hydrogen-bond donors (Lipinski definition) is 1. The lowest BCUT2D eigenvalue weighted by atomic mass is 10.1. The van der Waals surface area contributed by atoms with Gasteiger partial charge in [0.05, 0.1) is 0 Å². The maximum Gasteiger partial charge on any atom is 0.129 e. The first-order valence-electron chi connectivity index (χ1n) is 5.91. The van der Waals surface area contributed by atoms with Crippen molar-refractivity contribution < 1.29 is 4.39 Å². The molecule has 0 spiro atoms. The predicted octanol–water partition coefficient (Wildman–Crippen LogP) is 3.17. The number of fused-ring (bicyclic) bond motifs is 1. The summed E-state index contributed by atoms with van der Waals surface area (Å²) in [6, 6.07) is 14.6. The third-order valence-electron chi connectivity index (χ3n) is 3.27. The molecule has 1 aliphatic heterocycles. The van der Waals surface area contributed by atoms with E-state index in [0.29, 0.717) is 24.5 Å². The number of rotatable bonds is 2. The van der Waals surface area contributed by atoms with Crippen LogP contribution in [0.2, 0.25) is 0 Å². The molecule has 2 nitrogen and oxygen atoms in total. The van der Waals surface area contributed by atoms with Crippen LogP contribution in [0.5, 0.6) is 0 Å². The predicted molar refractivity (Wildman–Crippen MR) is 68.9 cm³/mol. The van der Waals surface area contributed by atoms with Crippen molar-refractivity contribution in [3.8, 4) is 0 Å². The fraction of sp³-hybridized carbons (Fsp3) is 0.133. The van der Waals surface area contributed by atoms with E-state index in [1.54, 1.807) is 12.1 Å². The Labute approximate surface area is 105 Å². The Morgan fingerprint density at radius 2 is 1.78 bits per heavy atom. The third kappa shape index (κ3) is 1.78. The molecular formula is C15H13FN2. The lowest BCUT2D eigenvalue weighted by Crippen LogP contribution is -2.23. The highest BCUT2D eigenvalue weighted by atomic mass is 19.1. The van der Waals surface area contributed by atoms with E-state index in [1.165, 1.54) is 6.07 Å². The van der Waals surface area contributed by atoms with Crippen LogP contribution < -0.4 is 0 Å². The summed E-state index contributed by atoms with van der Waals surface area (Å²) in [5, 5.41) is 8.11. The molecule has 1 N–H and O–H groups in total. The van der Waals surface area contributed by atoms with Crippen molar-refractivity contribution in [2.24, 2.45) is 0 Å². The highest BCUT2D eigenvalue weighted by Crippen LogP contribution is 2.24. The number of nitrogens with zero attached hydrogens (tertiary/aromatic N) is 1. The first-order chi connectivity index (χ1) is 8.75. The SMILES string of the molecule is N=C1c2ccccc2CN1Cc1ccccc1F. The average Bonchev–Trinajstić information content (AvgIpc) is 2.70. The summed E-state index contributed by atoms with van der Waals surface area (Å²) in [5.74, 6) is 0.273. The largest absolute Gasteiger partial charge is 0.348 e. The smallest absolute Gasteiger partial charge is 0.129 e. The molecule has 0 aromatic heterocycles. The highest BCUT2D eigenvalue weighted by molar-refractivity contribution is 6.00. The molecule has 0 amide bonds. The van der Waals surface area contributed by atoms with Crippen molar-refractivity contribution in [1.29, 1.82) is 5.41 Å². The van der Waals surface area contributed by atoms with Crippen LogP contribution in [0.1, 0.15) is 16.7 Å². The molecule has 1 aliphatic rings. The molecule has 0 fully saturated rings. The Bertz CT molecular complexity index is 607. The molecule has 0 bridgehead atoms. The van der Waals surface area contributed by atoms with Crippen LogP contribution in [0, 0.1) is 11.2 Å². The van der Waals surface area contributed by atoms with E-state index in [2.05, 4.69) is 0 Å². The van der Waals surface area contributed by atoms with Gasteiger partial charge in [0.2, 0.25) is 0 Å². The molecule has 2 aromatic rings. The first kappa shape index (κ1) is 11.0. The van der Waals surface area contributed by atoms with Crippen molar-refractivity contribution >= 4 is 5.84 Å². The molecule has 0 radical (unpaired) electrons. The van der Waals surface area contributed by atoms with Crippen molar-refractivity contribution in [2.75, 3.05) is 0 Å². The highest BCUT2D eigenvalue weighted by Gasteiger charge is 2.23. The molecule has 90 valence electrons. The van der Waals surface area contributed by atoms with E-state index in [0.717, 1.165) is 11.1 Å². The van der Waals surface area contributed by atoms with E-state index in [4.69, 9.17) is 5.41 Å². The first-order valence-corrected chi connectivity index (χ1v) is 5.91. The zero-order chi connectivity index (χ0) is 12.5. The normalized spacial score (nSPS) is 13.8. The van der Waals surface area contributed by atoms with Gasteiger partial charge in [-0.15, -0.1) is 0 Å². The standard InChI is InChI=1S/C15H13FN2/c16-14-8-4-2-6-12(14)10-18-9-11-5-1-3-7-13(11)15(18)17/h1-8,17H,9-10H2. The maximum atomic E-state index is 13.6. The van der Waals surface area contributed by atoms with Crippen LogP contribution in [0.4, 0.5) is 4.39 Å². The zero-order valence-corrected chi connectivity index (χ0v) is 9.86. The molecule has 3 heteroatoms. The second-order valence-corrected chi connectivity index (χ2v) is 4.45. The molecule has 0 saturated carbocycles. The minimum absolute atomic E-state index is 0.207. The minimum atomic E-state index is -0.207. The second-order valence-electron chi connectivity index (χ2n) is 4.45. The second kappa shape index (κ2) is 4.26. The van der Waals surface area contributed by atoms with Crippen LogP contribution in [0.15, 0.2) is 48.5 Å². The zero-order valence-electron chi connectivity index (χ0n) is 9.86. The van der Waals surface area contributed by atoms with Gasteiger partial charge in [-0.05, 0) is 11.6 Å². The topological polar surface area (TPSA) is 27.1 Å². The maximum absolute atomic E-state index is 13.6. The van der Waals surface area contributed by atoms with Crippen LogP contribution in [-0.2, 0) is 13.1 Å². The summed E-state index contributed by atoms with van der Waals surface area (Å²) < 4.78 is 13.6. The van der Waals surface area contributed by atoms with Gasteiger partial charge in [0.15, 0.2) is 0 Å². The third-order valence-corrected chi connectivity index (χ3v) is 3.27.